The minimum atomic E-state index is -0.318. The van der Waals surface area contributed by atoms with Crippen molar-refractivity contribution in [3.05, 3.63) is 12.1 Å². The summed E-state index contributed by atoms with van der Waals surface area (Å²) in [6.07, 6.45) is 2.77. The highest BCUT2D eigenvalue weighted by atomic mass is 16.6. The van der Waals surface area contributed by atoms with Crippen LogP contribution in [0.4, 0.5) is 11.4 Å². The molecule has 1 aliphatic rings. The van der Waals surface area contributed by atoms with Gasteiger partial charge in [-0.05, 0) is 41.7 Å². The molecule has 1 aromatic carbocycles. The number of carbonyl (C=O) groups excluding carboxylic acids is 1. The predicted octanol–water partition coefficient (Wildman–Crippen LogP) is 0.649. The Bertz CT molecular complexity index is 624. The lowest BCUT2D eigenvalue weighted by molar-refractivity contribution is -0.119. The summed E-state index contributed by atoms with van der Waals surface area (Å²) in [6, 6.07) is 3.27. The lowest BCUT2D eigenvalue weighted by atomic mass is 10.0. The third kappa shape index (κ3) is 1.87. The third-order valence-corrected chi connectivity index (χ3v) is 3.57. The van der Waals surface area contributed by atoms with Gasteiger partial charge in [0.25, 0.3) is 0 Å². The summed E-state index contributed by atoms with van der Waals surface area (Å²) in [7, 11) is 0. The topological polar surface area (TPSA) is 111 Å². The lowest BCUT2D eigenvalue weighted by Gasteiger charge is -2.35. The summed E-state index contributed by atoms with van der Waals surface area (Å²) in [5.41, 5.74) is 13.7. The van der Waals surface area contributed by atoms with Crippen LogP contribution in [-0.4, -0.2) is 28.8 Å². The zero-order chi connectivity index (χ0) is 13.4. The first-order valence-corrected chi connectivity index (χ1v) is 6.25. The zero-order valence-electron chi connectivity index (χ0n) is 10.4. The van der Waals surface area contributed by atoms with E-state index in [4.69, 9.17) is 16.1 Å². The van der Waals surface area contributed by atoms with Crippen molar-refractivity contribution in [2.75, 3.05) is 17.2 Å². The molecule has 19 heavy (non-hydrogen) atoms. The second-order valence-corrected chi connectivity index (χ2v) is 4.74. The van der Waals surface area contributed by atoms with Crippen molar-refractivity contribution in [1.29, 1.82) is 0 Å². The smallest absolute Gasteiger partial charge is 0.240 e. The van der Waals surface area contributed by atoms with E-state index in [2.05, 4.69) is 10.3 Å². The van der Waals surface area contributed by atoms with Crippen molar-refractivity contribution >= 4 is 28.3 Å². The SMILES string of the molecule is NC(=O)C1CCCCN1c1ccc(N)c2nonc12. The van der Waals surface area contributed by atoms with Gasteiger partial charge in [0.05, 0.1) is 11.4 Å². The monoisotopic (exact) mass is 261 g/mol. The molecule has 1 unspecified atom stereocenters. The van der Waals surface area contributed by atoms with Crippen LogP contribution in [0, 0.1) is 0 Å². The Labute approximate surface area is 109 Å². The van der Waals surface area contributed by atoms with Crippen LogP contribution in [-0.2, 0) is 4.79 Å². The van der Waals surface area contributed by atoms with Crippen LogP contribution in [0.25, 0.3) is 11.0 Å². The molecule has 2 heterocycles. The molecule has 1 atom stereocenters. The Balaban J connectivity index is 2.09. The fourth-order valence-electron chi connectivity index (χ4n) is 2.62. The molecule has 1 saturated heterocycles. The Kier molecular flexibility index (Phi) is 2.73. The quantitative estimate of drug-likeness (QED) is 0.768. The predicted molar refractivity (Wildman–Crippen MR) is 70.4 cm³/mol. The Hall–Kier alpha value is -2.31. The maximum Gasteiger partial charge on any atom is 0.240 e. The van der Waals surface area contributed by atoms with E-state index in [9.17, 15) is 4.79 Å². The van der Waals surface area contributed by atoms with Crippen LogP contribution < -0.4 is 16.4 Å². The van der Waals surface area contributed by atoms with Crippen LogP contribution in [0.1, 0.15) is 19.3 Å². The second kappa shape index (κ2) is 4.42. The van der Waals surface area contributed by atoms with Crippen LogP contribution in [0.5, 0.6) is 0 Å². The van der Waals surface area contributed by atoms with Gasteiger partial charge in [-0.1, -0.05) is 0 Å². The van der Waals surface area contributed by atoms with E-state index < -0.39 is 0 Å². The van der Waals surface area contributed by atoms with Crippen molar-refractivity contribution in [3.63, 3.8) is 0 Å². The van der Waals surface area contributed by atoms with Gasteiger partial charge in [0.15, 0.2) is 11.0 Å². The molecule has 0 spiro atoms. The van der Waals surface area contributed by atoms with Gasteiger partial charge in [-0.2, -0.15) is 0 Å². The van der Waals surface area contributed by atoms with Crippen molar-refractivity contribution in [2.24, 2.45) is 5.73 Å². The highest BCUT2D eigenvalue weighted by Gasteiger charge is 2.29. The summed E-state index contributed by atoms with van der Waals surface area (Å²) in [5.74, 6) is -0.318. The number of fused-ring (bicyclic) bond motifs is 1. The number of hydrogen-bond acceptors (Lipinski definition) is 6. The minimum absolute atomic E-state index is 0.308. The third-order valence-electron chi connectivity index (χ3n) is 3.57. The number of hydrogen-bond donors (Lipinski definition) is 2. The van der Waals surface area contributed by atoms with Crippen LogP contribution in [0.3, 0.4) is 0 Å². The molecule has 100 valence electrons. The average molecular weight is 261 g/mol. The van der Waals surface area contributed by atoms with Gasteiger partial charge < -0.3 is 16.4 Å². The van der Waals surface area contributed by atoms with Gasteiger partial charge in [-0.3, -0.25) is 4.79 Å². The van der Waals surface area contributed by atoms with Gasteiger partial charge >= 0.3 is 0 Å². The highest BCUT2D eigenvalue weighted by molar-refractivity contribution is 5.97. The molecule has 3 rings (SSSR count). The molecule has 1 aromatic heterocycles. The molecule has 1 fully saturated rings. The van der Waals surface area contributed by atoms with Gasteiger partial charge in [0.1, 0.15) is 6.04 Å². The fourth-order valence-corrected chi connectivity index (χ4v) is 2.62. The van der Waals surface area contributed by atoms with Gasteiger partial charge in [0.2, 0.25) is 5.91 Å². The first-order valence-electron chi connectivity index (χ1n) is 6.25. The molecule has 0 bridgehead atoms. The van der Waals surface area contributed by atoms with Gasteiger partial charge in [-0.15, -0.1) is 0 Å². The highest BCUT2D eigenvalue weighted by Crippen LogP contribution is 2.32. The summed E-state index contributed by atoms with van der Waals surface area (Å²) in [5, 5.41) is 7.68. The Morgan fingerprint density at radius 1 is 1.32 bits per heavy atom. The molecule has 1 amide bonds. The molecule has 7 nitrogen and oxygen atoms in total. The van der Waals surface area contributed by atoms with E-state index in [-0.39, 0.29) is 11.9 Å². The Morgan fingerprint density at radius 3 is 2.89 bits per heavy atom. The minimum Gasteiger partial charge on any atom is -0.397 e. The number of nitrogen functional groups attached to an aromatic ring is 1. The fraction of sp³-hybridized carbons (Fsp3) is 0.417. The first kappa shape index (κ1) is 11.8. The summed E-state index contributed by atoms with van der Waals surface area (Å²) < 4.78 is 4.75. The lowest BCUT2D eigenvalue weighted by Crippen LogP contribution is -2.48. The van der Waals surface area contributed by atoms with Gasteiger partial charge in [-0.25, -0.2) is 4.63 Å². The van der Waals surface area contributed by atoms with E-state index in [0.717, 1.165) is 31.5 Å². The first-order chi connectivity index (χ1) is 9.18. The molecule has 0 aliphatic carbocycles. The zero-order valence-corrected chi connectivity index (χ0v) is 10.4. The summed E-state index contributed by atoms with van der Waals surface area (Å²) in [6.45, 7) is 0.763. The number of rotatable bonds is 2. The molecule has 2 aromatic rings. The molecule has 0 radical (unpaired) electrons. The van der Waals surface area contributed by atoms with E-state index in [1.807, 2.05) is 11.0 Å². The number of aromatic nitrogens is 2. The maximum absolute atomic E-state index is 11.6. The van der Waals surface area contributed by atoms with E-state index in [1.165, 1.54) is 0 Å². The number of carbonyl (C=O) groups is 1. The number of nitrogens with zero attached hydrogens (tertiary/aromatic N) is 3. The van der Waals surface area contributed by atoms with Crippen molar-refractivity contribution in [1.82, 2.24) is 10.3 Å². The van der Waals surface area contributed by atoms with E-state index in [1.54, 1.807) is 6.07 Å². The van der Waals surface area contributed by atoms with Crippen LogP contribution in [0.15, 0.2) is 16.8 Å². The number of piperidine rings is 1. The number of amides is 1. The summed E-state index contributed by atoms with van der Waals surface area (Å²) in [4.78, 5) is 13.5. The molecule has 1 aliphatic heterocycles. The largest absolute Gasteiger partial charge is 0.397 e. The second-order valence-electron chi connectivity index (χ2n) is 4.74. The molecular weight excluding hydrogens is 246 g/mol. The van der Waals surface area contributed by atoms with E-state index in [0.29, 0.717) is 16.7 Å². The Morgan fingerprint density at radius 2 is 2.11 bits per heavy atom. The van der Waals surface area contributed by atoms with Crippen molar-refractivity contribution in [3.8, 4) is 0 Å². The van der Waals surface area contributed by atoms with Gasteiger partial charge in [0, 0.05) is 6.54 Å². The average Bonchev–Trinajstić information content (AvgIpc) is 2.89. The number of primary amides is 1. The maximum atomic E-state index is 11.6. The molecule has 4 N–H and O–H groups in total. The number of nitrogens with two attached hydrogens (primary N) is 2. The van der Waals surface area contributed by atoms with E-state index >= 15 is 0 Å². The molecule has 0 saturated carbocycles. The van der Waals surface area contributed by atoms with Crippen molar-refractivity contribution < 1.29 is 9.42 Å². The molecule has 7 heteroatoms. The molecular formula is C12H15N5O2. The normalized spacial score (nSPS) is 19.8. The van der Waals surface area contributed by atoms with Crippen LogP contribution >= 0.6 is 0 Å². The number of benzene rings is 1. The number of anilines is 2. The summed E-state index contributed by atoms with van der Waals surface area (Å²) >= 11 is 0. The van der Waals surface area contributed by atoms with Crippen LogP contribution in [0.2, 0.25) is 0 Å². The standard InChI is InChI=1S/C12H15N5O2/c13-7-4-5-8(11-10(7)15-19-16-11)17-6-2-1-3-9(17)12(14)18/h4-5,9H,1-3,6,13H2,(H2,14,18). The van der Waals surface area contributed by atoms with Crippen molar-refractivity contribution in [2.45, 2.75) is 25.3 Å².